The highest BCUT2D eigenvalue weighted by Gasteiger charge is 2.33. The molecule has 0 bridgehead atoms. The maximum atomic E-state index is 10.7. The van der Waals surface area contributed by atoms with E-state index in [-0.39, 0.29) is 5.41 Å². The van der Waals surface area contributed by atoms with Crippen molar-refractivity contribution in [3.8, 4) is 0 Å². The summed E-state index contributed by atoms with van der Waals surface area (Å²) in [4.78, 5) is 0. The summed E-state index contributed by atoms with van der Waals surface area (Å²) in [5.74, 6) is 0.550. The Balaban J connectivity index is 2.51. The zero-order valence-corrected chi connectivity index (χ0v) is 8.73. The van der Waals surface area contributed by atoms with Crippen molar-refractivity contribution < 1.29 is 8.76 Å². The normalized spacial score (nSPS) is 29.2. The second kappa shape index (κ2) is 3.44. The van der Waals surface area contributed by atoms with Crippen molar-refractivity contribution in [3.05, 3.63) is 0 Å². The maximum Gasteiger partial charge on any atom is 0.234 e. The van der Waals surface area contributed by atoms with Gasteiger partial charge in [0.1, 0.15) is 0 Å². The molecule has 1 saturated heterocycles. The van der Waals surface area contributed by atoms with Crippen LogP contribution >= 0.6 is 0 Å². The smallest absolute Gasteiger partial charge is 0.234 e. The molecule has 0 amide bonds. The van der Waals surface area contributed by atoms with Crippen LogP contribution in [0.15, 0.2) is 0 Å². The van der Waals surface area contributed by atoms with Crippen LogP contribution < -0.4 is 0 Å². The van der Waals surface area contributed by atoms with E-state index >= 15 is 0 Å². The van der Waals surface area contributed by atoms with Gasteiger partial charge in [0, 0.05) is 13.1 Å². The lowest BCUT2D eigenvalue weighted by atomic mass is 9.80. The summed E-state index contributed by atoms with van der Waals surface area (Å²) in [5.41, 5.74) is 0.258. The van der Waals surface area contributed by atoms with Gasteiger partial charge >= 0.3 is 0 Å². The van der Waals surface area contributed by atoms with Crippen molar-refractivity contribution in [2.45, 2.75) is 27.2 Å². The molecule has 0 spiro atoms. The molecule has 1 heterocycles. The molecule has 0 aromatic carbocycles. The van der Waals surface area contributed by atoms with Gasteiger partial charge in [0.2, 0.25) is 11.3 Å². The molecule has 0 aromatic rings. The van der Waals surface area contributed by atoms with Crippen molar-refractivity contribution in [2.24, 2.45) is 11.3 Å². The third-order valence-electron chi connectivity index (χ3n) is 2.60. The third kappa shape index (κ3) is 2.28. The standard InChI is InChI=1S/C8H17NO2S/c1-8(2,3)7-4-5-9(6-7)12(10)11/h7H,4-6H2,1-3H3,(H,10,11). The van der Waals surface area contributed by atoms with Gasteiger partial charge in [0.05, 0.1) is 0 Å². The molecule has 0 radical (unpaired) electrons. The fraction of sp³-hybridized carbons (Fsp3) is 1.00. The molecule has 1 N–H and O–H groups in total. The molecule has 2 atom stereocenters. The summed E-state index contributed by atoms with van der Waals surface area (Å²) in [7, 11) is 0. The Labute approximate surface area is 76.6 Å². The zero-order chi connectivity index (χ0) is 9.35. The lowest BCUT2D eigenvalue weighted by molar-refractivity contribution is 0.251. The zero-order valence-electron chi connectivity index (χ0n) is 7.91. The van der Waals surface area contributed by atoms with Crippen LogP contribution in [0.25, 0.3) is 0 Å². The molecule has 12 heavy (non-hydrogen) atoms. The van der Waals surface area contributed by atoms with Gasteiger partial charge in [-0.3, -0.25) is 4.55 Å². The summed E-state index contributed by atoms with van der Waals surface area (Å²) in [6, 6.07) is 0. The van der Waals surface area contributed by atoms with Crippen LogP contribution in [-0.2, 0) is 11.3 Å². The van der Waals surface area contributed by atoms with Crippen LogP contribution in [0.2, 0.25) is 0 Å². The van der Waals surface area contributed by atoms with E-state index in [9.17, 15) is 4.21 Å². The van der Waals surface area contributed by atoms with E-state index in [0.29, 0.717) is 5.92 Å². The Morgan fingerprint density at radius 2 is 2.08 bits per heavy atom. The van der Waals surface area contributed by atoms with E-state index < -0.39 is 11.3 Å². The van der Waals surface area contributed by atoms with Gasteiger partial charge in [-0.25, -0.2) is 8.51 Å². The Kier molecular flexibility index (Phi) is 2.91. The molecule has 0 saturated carbocycles. The molecule has 0 aromatic heterocycles. The number of hydrogen-bond acceptors (Lipinski definition) is 1. The van der Waals surface area contributed by atoms with Crippen molar-refractivity contribution in [1.29, 1.82) is 0 Å². The fourth-order valence-electron chi connectivity index (χ4n) is 1.58. The second-order valence-electron chi connectivity index (χ2n) is 4.47. The van der Waals surface area contributed by atoms with E-state index in [0.717, 1.165) is 19.5 Å². The Morgan fingerprint density at radius 3 is 2.33 bits per heavy atom. The van der Waals surface area contributed by atoms with Gasteiger partial charge < -0.3 is 0 Å². The van der Waals surface area contributed by atoms with E-state index in [1.165, 1.54) is 0 Å². The summed E-state index contributed by atoms with van der Waals surface area (Å²) in [6.07, 6.45) is 1.04. The van der Waals surface area contributed by atoms with Gasteiger partial charge in [0.15, 0.2) is 0 Å². The fourth-order valence-corrected chi connectivity index (χ4v) is 2.15. The quantitative estimate of drug-likeness (QED) is 0.638. The molecule has 1 rings (SSSR count). The lowest BCUT2D eigenvalue weighted by Gasteiger charge is -2.26. The molecule has 4 heteroatoms. The number of nitrogens with zero attached hydrogens (tertiary/aromatic N) is 1. The summed E-state index contributed by atoms with van der Waals surface area (Å²) in [6.45, 7) is 8.06. The summed E-state index contributed by atoms with van der Waals surface area (Å²) >= 11 is -1.76. The van der Waals surface area contributed by atoms with E-state index in [1.54, 1.807) is 4.31 Å². The molecule has 72 valence electrons. The molecule has 1 aliphatic rings. The van der Waals surface area contributed by atoms with Crippen LogP contribution in [0, 0.1) is 11.3 Å². The maximum absolute atomic E-state index is 10.7. The first-order chi connectivity index (χ1) is 5.41. The van der Waals surface area contributed by atoms with Crippen LogP contribution in [0.5, 0.6) is 0 Å². The van der Waals surface area contributed by atoms with E-state index in [4.69, 9.17) is 4.55 Å². The minimum Gasteiger partial charge on any atom is -0.294 e. The van der Waals surface area contributed by atoms with Gasteiger partial charge in [-0.05, 0) is 17.8 Å². The van der Waals surface area contributed by atoms with Gasteiger partial charge in [-0.15, -0.1) is 0 Å². The predicted octanol–water partition coefficient (Wildman–Crippen LogP) is 1.49. The highest BCUT2D eigenvalue weighted by Crippen LogP contribution is 2.33. The average molecular weight is 191 g/mol. The highest BCUT2D eigenvalue weighted by molar-refractivity contribution is 7.76. The topological polar surface area (TPSA) is 40.5 Å². The predicted molar refractivity (Wildman–Crippen MR) is 49.9 cm³/mol. The summed E-state index contributed by atoms with van der Waals surface area (Å²) in [5, 5.41) is 0. The second-order valence-corrected chi connectivity index (χ2v) is 5.45. The van der Waals surface area contributed by atoms with Gasteiger partial charge in [-0.1, -0.05) is 20.8 Å². The summed E-state index contributed by atoms with van der Waals surface area (Å²) < 4.78 is 21.2. The molecular formula is C8H17NO2S. The molecule has 2 unspecified atom stereocenters. The third-order valence-corrected chi connectivity index (χ3v) is 3.37. The van der Waals surface area contributed by atoms with Crippen molar-refractivity contribution in [2.75, 3.05) is 13.1 Å². The lowest BCUT2D eigenvalue weighted by Crippen LogP contribution is -2.27. The highest BCUT2D eigenvalue weighted by atomic mass is 32.2. The van der Waals surface area contributed by atoms with E-state index in [2.05, 4.69) is 20.8 Å². The van der Waals surface area contributed by atoms with Crippen LogP contribution in [0.4, 0.5) is 0 Å². The monoisotopic (exact) mass is 191 g/mol. The van der Waals surface area contributed by atoms with Crippen molar-refractivity contribution in [1.82, 2.24) is 4.31 Å². The molecule has 3 nitrogen and oxygen atoms in total. The minimum absolute atomic E-state index is 0.258. The van der Waals surface area contributed by atoms with Gasteiger partial charge in [0.25, 0.3) is 0 Å². The largest absolute Gasteiger partial charge is 0.294 e. The van der Waals surface area contributed by atoms with Crippen LogP contribution in [0.1, 0.15) is 27.2 Å². The molecule has 0 aliphatic carbocycles. The number of hydrogen-bond donors (Lipinski definition) is 1. The van der Waals surface area contributed by atoms with E-state index in [1.807, 2.05) is 0 Å². The molecule has 1 aliphatic heterocycles. The van der Waals surface area contributed by atoms with Crippen molar-refractivity contribution >= 4 is 11.3 Å². The Morgan fingerprint density at radius 1 is 1.50 bits per heavy atom. The first-order valence-corrected chi connectivity index (χ1v) is 5.33. The first-order valence-electron chi connectivity index (χ1n) is 4.27. The number of rotatable bonds is 1. The SMILES string of the molecule is CC(C)(C)C1CCN(S(=O)O)C1. The minimum atomic E-state index is -1.76. The Hall–Kier alpha value is 0.0700. The average Bonchev–Trinajstić information content (AvgIpc) is 2.30. The van der Waals surface area contributed by atoms with Crippen molar-refractivity contribution in [3.63, 3.8) is 0 Å². The molecule has 1 fully saturated rings. The first kappa shape index (κ1) is 10.2. The van der Waals surface area contributed by atoms with Crippen LogP contribution in [-0.4, -0.2) is 26.2 Å². The van der Waals surface area contributed by atoms with Crippen LogP contribution in [0.3, 0.4) is 0 Å². The Bertz CT molecular complexity index is 188. The van der Waals surface area contributed by atoms with Gasteiger partial charge in [-0.2, -0.15) is 0 Å². The molecular weight excluding hydrogens is 174 g/mol.